The summed E-state index contributed by atoms with van der Waals surface area (Å²) >= 11 is 6.13. The Morgan fingerprint density at radius 3 is 2.56 bits per heavy atom. The maximum Gasteiger partial charge on any atom is 0.416 e. The van der Waals surface area contributed by atoms with E-state index in [4.69, 9.17) is 11.6 Å². The van der Waals surface area contributed by atoms with Gasteiger partial charge in [0.05, 0.1) is 22.0 Å². The Morgan fingerprint density at radius 2 is 2.00 bits per heavy atom. The van der Waals surface area contributed by atoms with Crippen molar-refractivity contribution in [3.63, 3.8) is 0 Å². The molecule has 0 bridgehead atoms. The van der Waals surface area contributed by atoms with Crippen LogP contribution in [-0.2, 0) is 11.0 Å². The van der Waals surface area contributed by atoms with Crippen LogP contribution in [-0.4, -0.2) is 16.2 Å². The Bertz CT molecular complexity index is 895. The monoisotopic (exact) mass is 396 g/mol. The first-order valence-corrected chi connectivity index (χ1v) is 8.85. The van der Waals surface area contributed by atoms with Gasteiger partial charge in [-0.3, -0.25) is 4.79 Å². The van der Waals surface area contributed by atoms with Gasteiger partial charge in [-0.25, -0.2) is 4.68 Å². The number of aromatic nitrogens is 2. The number of nitrogens with zero attached hydrogens (tertiary/aromatic N) is 3. The van der Waals surface area contributed by atoms with Crippen LogP contribution < -0.4 is 5.32 Å². The number of alkyl halides is 3. The molecule has 1 amide bonds. The molecule has 9 heteroatoms. The molecule has 0 saturated heterocycles. The molecule has 2 aromatic rings. The summed E-state index contributed by atoms with van der Waals surface area (Å²) in [4.78, 5) is 10.9. The lowest BCUT2D eigenvalue weighted by Gasteiger charge is -2.23. The lowest BCUT2D eigenvalue weighted by atomic mass is 9.85. The van der Waals surface area contributed by atoms with Crippen molar-refractivity contribution >= 4 is 23.8 Å². The molecule has 1 aliphatic rings. The van der Waals surface area contributed by atoms with E-state index < -0.39 is 11.7 Å². The van der Waals surface area contributed by atoms with Crippen LogP contribution >= 0.6 is 11.6 Å². The van der Waals surface area contributed by atoms with Crippen LogP contribution in [0.2, 0.25) is 5.02 Å². The smallest absolute Gasteiger partial charge is 0.311 e. The number of hydrogen-bond acceptors (Lipinski definition) is 3. The normalized spacial score (nSPS) is 15.4. The van der Waals surface area contributed by atoms with Gasteiger partial charge in [0, 0.05) is 5.92 Å². The second-order valence-corrected chi connectivity index (χ2v) is 6.80. The molecular formula is C18H16ClF3N4O. The van der Waals surface area contributed by atoms with Crippen molar-refractivity contribution in [3.05, 3.63) is 40.0 Å². The van der Waals surface area contributed by atoms with E-state index in [0.29, 0.717) is 12.1 Å². The summed E-state index contributed by atoms with van der Waals surface area (Å²) in [5, 5.41) is 16.1. The minimum absolute atomic E-state index is 0.0152. The van der Waals surface area contributed by atoms with E-state index >= 15 is 0 Å². The molecule has 3 rings (SSSR count). The van der Waals surface area contributed by atoms with Crippen LogP contribution in [0.4, 0.5) is 19.0 Å². The van der Waals surface area contributed by atoms with Crippen LogP contribution in [0.5, 0.6) is 0 Å². The molecule has 1 fully saturated rings. The van der Waals surface area contributed by atoms with E-state index in [1.54, 1.807) is 0 Å². The minimum atomic E-state index is -4.51. The molecule has 27 heavy (non-hydrogen) atoms. The van der Waals surface area contributed by atoms with Gasteiger partial charge in [-0.2, -0.15) is 18.4 Å². The topological polar surface area (TPSA) is 70.7 Å². The van der Waals surface area contributed by atoms with Crippen LogP contribution in [0.15, 0.2) is 18.2 Å². The van der Waals surface area contributed by atoms with E-state index in [9.17, 15) is 23.2 Å². The molecule has 142 valence electrons. The molecule has 1 N–H and O–H groups in total. The van der Waals surface area contributed by atoms with Crippen LogP contribution in [0.1, 0.15) is 54.8 Å². The number of rotatable bonds is 4. The first kappa shape index (κ1) is 19.2. The Kier molecular flexibility index (Phi) is 5.42. The highest BCUT2D eigenvalue weighted by atomic mass is 35.5. The number of anilines is 1. The number of nitrogens with one attached hydrogen (secondary N) is 1. The highest BCUT2D eigenvalue weighted by molar-refractivity contribution is 6.32. The van der Waals surface area contributed by atoms with Crippen molar-refractivity contribution < 1.29 is 18.0 Å². The average Bonchev–Trinajstić information content (AvgIpc) is 3.00. The molecular weight excluding hydrogens is 381 g/mol. The third kappa shape index (κ3) is 3.78. The molecule has 1 heterocycles. The Morgan fingerprint density at radius 1 is 1.30 bits per heavy atom. The van der Waals surface area contributed by atoms with Gasteiger partial charge >= 0.3 is 6.18 Å². The number of amides is 1. The third-order valence-electron chi connectivity index (χ3n) is 4.72. The predicted octanol–water partition coefficient (Wildman–Crippen LogP) is 5.03. The van der Waals surface area contributed by atoms with Crippen LogP contribution in [0.3, 0.4) is 0 Å². The van der Waals surface area contributed by atoms with Gasteiger partial charge in [0.25, 0.3) is 0 Å². The molecule has 0 spiro atoms. The van der Waals surface area contributed by atoms with Gasteiger partial charge in [0.1, 0.15) is 11.6 Å². The average molecular weight is 397 g/mol. The summed E-state index contributed by atoms with van der Waals surface area (Å²) in [5.74, 6) is 0.0884. The zero-order valence-electron chi connectivity index (χ0n) is 14.2. The van der Waals surface area contributed by atoms with E-state index in [1.807, 2.05) is 0 Å². The summed E-state index contributed by atoms with van der Waals surface area (Å²) in [6, 6.07) is 5.05. The quantitative estimate of drug-likeness (QED) is 0.736. The highest BCUT2D eigenvalue weighted by Gasteiger charge is 2.32. The number of nitriles is 1. The third-order valence-corrected chi connectivity index (χ3v) is 5.03. The maximum absolute atomic E-state index is 12.9. The number of carbonyl (C=O) groups is 1. The Labute approximate surface area is 158 Å². The summed E-state index contributed by atoms with van der Waals surface area (Å²) < 4.78 is 40.2. The molecule has 0 aliphatic heterocycles. The SMILES string of the molecule is N#Cc1c(NC=O)nn(-c2ccc(C(F)(F)F)cc2Cl)c1C1CCCCC1. The Balaban J connectivity index is 2.17. The minimum Gasteiger partial charge on any atom is -0.311 e. The molecule has 1 aliphatic carbocycles. The number of hydrogen-bond donors (Lipinski definition) is 1. The van der Waals surface area contributed by atoms with Crippen molar-refractivity contribution in [2.75, 3.05) is 5.32 Å². The molecule has 1 saturated carbocycles. The van der Waals surface area contributed by atoms with Gasteiger partial charge in [-0.05, 0) is 31.0 Å². The Hall–Kier alpha value is -2.53. The standard InChI is InChI=1S/C18H16ClF3N4O/c19-14-8-12(18(20,21)22)6-7-15(14)26-16(11-4-2-1-3-5-11)13(9-23)17(25-26)24-10-27/h6-8,10-11H,1-5H2,(H,24,25,27). The lowest BCUT2D eigenvalue weighted by molar-refractivity contribution is -0.137. The van der Waals surface area contributed by atoms with Gasteiger partial charge < -0.3 is 5.32 Å². The predicted molar refractivity (Wildman–Crippen MR) is 93.8 cm³/mol. The van der Waals surface area contributed by atoms with Crippen molar-refractivity contribution in [1.82, 2.24) is 9.78 Å². The zero-order chi connectivity index (χ0) is 19.6. The van der Waals surface area contributed by atoms with Gasteiger partial charge in [-0.15, -0.1) is 5.10 Å². The fourth-order valence-corrected chi connectivity index (χ4v) is 3.75. The zero-order valence-corrected chi connectivity index (χ0v) is 14.9. The number of benzene rings is 1. The highest BCUT2D eigenvalue weighted by Crippen LogP contribution is 2.39. The maximum atomic E-state index is 12.9. The van der Waals surface area contributed by atoms with Gasteiger partial charge in [0.15, 0.2) is 5.82 Å². The number of carbonyl (C=O) groups excluding carboxylic acids is 1. The summed E-state index contributed by atoms with van der Waals surface area (Å²) in [6.45, 7) is 0. The van der Waals surface area contributed by atoms with Crippen molar-refractivity contribution in [3.8, 4) is 11.8 Å². The van der Waals surface area contributed by atoms with Gasteiger partial charge in [-0.1, -0.05) is 30.9 Å². The van der Waals surface area contributed by atoms with Gasteiger partial charge in [0.2, 0.25) is 6.41 Å². The molecule has 5 nitrogen and oxygen atoms in total. The van der Waals surface area contributed by atoms with Crippen molar-refractivity contribution in [2.45, 2.75) is 44.2 Å². The second-order valence-electron chi connectivity index (χ2n) is 6.39. The lowest BCUT2D eigenvalue weighted by Crippen LogP contribution is -2.13. The van der Waals surface area contributed by atoms with Crippen LogP contribution in [0.25, 0.3) is 5.69 Å². The van der Waals surface area contributed by atoms with Crippen molar-refractivity contribution in [2.24, 2.45) is 0 Å². The fraction of sp³-hybridized carbons (Fsp3) is 0.389. The molecule has 1 aromatic carbocycles. The first-order valence-electron chi connectivity index (χ1n) is 8.47. The van der Waals surface area contributed by atoms with Crippen molar-refractivity contribution in [1.29, 1.82) is 5.26 Å². The molecule has 0 radical (unpaired) electrons. The fourth-order valence-electron chi connectivity index (χ4n) is 3.49. The van der Waals surface area contributed by atoms with E-state index in [2.05, 4.69) is 16.5 Å². The molecule has 0 unspecified atom stereocenters. The first-order chi connectivity index (χ1) is 12.9. The summed E-state index contributed by atoms with van der Waals surface area (Å²) in [7, 11) is 0. The van der Waals surface area contributed by atoms with E-state index in [-0.39, 0.29) is 28.0 Å². The summed E-state index contributed by atoms with van der Waals surface area (Å²) in [6.07, 6.45) is 0.619. The molecule has 1 aromatic heterocycles. The molecule has 0 atom stereocenters. The van der Waals surface area contributed by atoms with E-state index in [1.165, 1.54) is 10.7 Å². The number of halogens is 4. The summed E-state index contributed by atoms with van der Waals surface area (Å²) in [5.41, 5.74) is 0.156. The van der Waals surface area contributed by atoms with Crippen LogP contribution in [0, 0.1) is 11.3 Å². The second kappa shape index (κ2) is 7.61. The van der Waals surface area contributed by atoms with E-state index in [0.717, 1.165) is 44.2 Å². The largest absolute Gasteiger partial charge is 0.416 e.